The van der Waals surface area contributed by atoms with Crippen LogP contribution >= 0.6 is 11.6 Å². The summed E-state index contributed by atoms with van der Waals surface area (Å²) in [6.07, 6.45) is 2.88. The van der Waals surface area contributed by atoms with E-state index >= 15 is 0 Å². The summed E-state index contributed by atoms with van der Waals surface area (Å²) in [4.78, 5) is 15.1. The number of aliphatic hydroxyl groups is 1. The zero-order valence-electron chi connectivity index (χ0n) is 9.44. The molecule has 2 aromatic heterocycles. The largest absolute Gasteiger partial charge is 0.393 e. The molecule has 3 N–H and O–H groups in total. The lowest BCUT2D eigenvalue weighted by molar-refractivity contribution is 0.183. The van der Waals surface area contributed by atoms with Gasteiger partial charge in [0.15, 0.2) is 11.5 Å². The van der Waals surface area contributed by atoms with Crippen LogP contribution in [0.1, 0.15) is 19.8 Å². The maximum absolute atomic E-state index is 9.14. The van der Waals surface area contributed by atoms with Gasteiger partial charge in [-0.3, -0.25) is 0 Å². The monoisotopic (exact) mass is 255 g/mol. The minimum Gasteiger partial charge on any atom is -0.393 e. The second-order valence-corrected chi connectivity index (χ2v) is 4.20. The molecular weight excluding hydrogens is 242 g/mol. The third kappa shape index (κ3) is 3.04. The standard InChI is InChI=1S/C10H14ClN5O/c1-6(17)3-2-4-12-8-7-9(14-5-13-7)16-10(11)15-8/h5-6,17H,2-4H2,1H3,(H2,12,13,14,15,16). The van der Waals surface area contributed by atoms with Gasteiger partial charge in [-0.1, -0.05) is 0 Å². The van der Waals surface area contributed by atoms with Crippen LogP contribution in [-0.4, -0.2) is 37.7 Å². The van der Waals surface area contributed by atoms with Gasteiger partial charge in [0.05, 0.1) is 12.4 Å². The Balaban J connectivity index is 2.04. The SMILES string of the molecule is CC(O)CCCNc1nc(Cl)nc2nc[nH]c12. The number of anilines is 1. The van der Waals surface area contributed by atoms with Crippen LogP contribution < -0.4 is 5.32 Å². The normalized spacial score (nSPS) is 12.9. The molecule has 0 saturated heterocycles. The van der Waals surface area contributed by atoms with Gasteiger partial charge in [0.25, 0.3) is 0 Å². The Morgan fingerprint density at radius 1 is 1.53 bits per heavy atom. The topological polar surface area (TPSA) is 86.7 Å². The quantitative estimate of drug-likeness (QED) is 0.558. The van der Waals surface area contributed by atoms with Crippen molar-refractivity contribution in [2.75, 3.05) is 11.9 Å². The highest BCUT2D eigenvalue weighted by Crippen LogP contribution is 2.18. The summed E-state index contributed by atoms with van der Waals surface area (Å²) >= 11 is 5.79. The average molecular weight is 256 g/mol. The lowest BCUT2D eigenvalue weighted by atomic mass is 10.2. The van der Waals surface area contributed by atoms with E-state index in [0.29, 0.717) is 18.0 Å². The first-order valence-electron chi connectivity index (χ1n) is 5.45. The molecule has 0 saturated carbocycles. The van der Waals surface area contributed by atoms with Crippen LogP contribution in [0.4, 0.5) is 5.82 Å². The van der Waals surface area contributed by atoms with E-state index in [0.717, 1.165) is 18.4 Å². The molecule has 92 valence electrons. The number of nitrogens with one attached hydrogen (secondary N) is 2. The summed E-state index contributed by atoms with van der Waals surface area (Å²) in [6.45, 7) is 2.49. The fourth-order valence-electron chi connectivity index (χ4n) is 1.54. The van der Waals surface area contributed by atoms with Crippen molar-refractivity contribution in [3.8, 4) is 0 Å². The van der Waals surface area contributed by atoms with Crippen molar-refractivity contribution >= 4 is 28.6 Å². The zero-order chi connectivity index (χ0) is 12.3. The van der Waals surface area contributed by atoms with Crippen LogP contribution in [-0.2, 0) is 0 Å². The molecule has 0 spiro atoms. The Morgan fingerprint density at radius 2 is 2.35 bits per heavy atom. The maximum Gasteiger partial charge on any atom is 0.226 e. The van der Waals surface area contributed by atoms with E-state index < -0.39 is 0 Å². The molecule has 1 atom stereocenters. The summed E-state index contributed by atoms with van der Waals surface area (Å²) in [5.74, 6) is 0.642. The Kier molecular flexibility index (Phi) is 3.75. The fourth-order valence-corrected chi connectivity index (χ4v) is 1.70. The van der Waals surface area contributed by atoms with E-state index in [-0.39, 0.29) is 11.4 Å². The van der Waals surface area contributed by atoms with E-state index in [1.165, 1.54) is 0 Å². The molecule has 0 aromatic carbocycles. The third-order valence-corrected chi connectivity index (χ3v) is 2.52. The van der Waals surface area contributed by atoms with Gasteiger partial charge in [-0.25, -0.2) is 4.98 Å². The Bertz CT molecular complexity index is 498. The number of aromatic amines is 1. The van der Waals surface area contributed by atoms with Crippen LogP contribution in [0.2, 0.25) is 5.28 Å². The van der Waals surface area contributed by atoms with Crippen LogP contribution in [0, 0.1) is 0 Å². The summed E-state index contributed by atoms with van der Waals surface area (Å²) in [5.41, 5.74) is 1.29. The maximum atomic E-state index is 9.14. The molecule has 7 heteroatoms. The minimum absolute atomic E-state index is 0.169. The second-order valence-electron chi connectivity index (χ2n) is 3.86. The van der Waals surface area contributed by atoms with Gasteiger partial charge in [0.1, 0.15) is 5.52 Å². The van der Waals surface area contributed by atoms with Crippen molar-refractivity contribution < 1.29 is 5.11 Å². The van der Waals surface area contributed by atoms with Crippen molar-refractivity contribution in [2.45, 2.75) is 25.9 Å². The number of hydrogen-bond donors (Lipinski definition) is 3. The smallest absolute Gasteiger partial charge is 0.226 e. The Labute approximate surface area is 103 Å². The van der Waals surface area contributed by atoms with Gasteiger partial charge in [-0.15, -0.1) is 0 Å². The summed E-state index contributed by atoms with van der Waals surface area (Å²) in [7, 11) is 0. The van der Waals surface area contributed by atoms with Gasteiger partial charge in [-0.2, -0.15) is 9.97 Å². The highest BCUT2D eigenvalue weighted by Gasteiger charge is 2.08. The molecule has 1 unspecified atom stereocenters. The second kappa shape index (κ2) is 5.29. The van der Waals surface area contributed by atoms with Crippen molar-refractivity contribution in [1.82, 2.24) is 19.9 Å². The van der Waals surface area contributed by atoms with Crippen molar-refractivity contribution in [3.05, 3.63) is 11.6 Å². The van der Waals surface area contributed by atoms with E-state index in [2.05, 4.69) is 25.3 Å². The molecule has 0 amide bonds. The van der Waals surface area contributed by atoms with Crippen molar-refractivity contribution in [3.63, 3.8) is 0 Å². The lowest BCUT2D eigenvalue weighted by Gasteiger charge is -2.07. The number of hydrogen-bond acceptors (Lipinski definition) is 5. The van der Waals surface area contributed by atoms with Crippen LogP contribution in [0.3, 0.4) is 0 Å². The van der Waals surface area contributed by atoms with Crippen LogP contribution in [0.15, 0.2) is 6.33 Å². The predicted molar refractivity (Wildman–Crippen MR) is 66.1 cm³/mol. The number of aliphatic hydroxyl groups excluding tert-OH is 1. The lowest BCUT2D eigenvalue weighted by Crippen LogP contribution is -2.08. The van der Waals surface area contributed by atoms with Gasteiger partial charge < -0.3 is 15.4 Å². The highest BCUT2D eigenvalue weighted by molar-refractivity contribution is 6.28. The molecule has 0 aliphatic rings. The van der Waals surface area contributed by atoms with Crippen molar-refractivity contribution in [1.29, 1.82) is 0 Å². The minimum atomic E-state index is -0.280. The molecule has 0 bridgehead atoms. The molecule has 2 rings (SSSR count). The summed E-state index contributed by atoms with van der Waals surface area (Å²) < 4.78 is 0. The number of imidazole rings is 1. The Morgan fingerprint density at radius 3 is 3.12 bits per heavy atom. The molecule has 0 radical (unpaired) electrons. The van der Waals surface area contributed by atoms with Crippen LogP contribution in [0.25, 0.3) is 11.2 Å². The third-order valence-electron chi connectivity index (χ3n) is 2.35. The Hall–Kier alpha value is -1.40. The molecule has 0 aliphatic heterocycles. The fraction of sp³-hybridized carbons (Fsp3) is 0.500. The number of rotatable bonds is 5. The van der Waals surface area contributed by atoms with Gasteiger partial charge in [0, 0.05) is 6.54 Å². The molecule has 2 aromatic rings. The molecule has 0 fully saturated rings. The first-order valence-corrected chi connectivity index (χ1v) is 5.83. The predicted octanol–water partition coefficient (Wildman–Crippen LogP) is 1.58. The highest BCUT2D eigenvalue weighted by atomic mass is 35.5. The summed E-state index contributed by atoms with van der Waals surface area (Å²) in [5, 5.41) is 12.5. The number of H-pyrrole nitrogens is 1. The summed E-state index contributed by atoms with van der Waals surface area (Å²) in [6, 6.07) is 0. The van der Waals surface area contributed by atoms with E-state index in [9.17, 15) is 0 Å². The number of nitrogens with zero attached hydrogens (tertiary/aromatic N) is 3. The number of fused-ring (bicyclic) bond motifs is 1. The molecular formula is C10H14ClN5O. The zero-order valence-corrected chi connectivity index (χ0v) is 10.2. The van der Waals surface area contributed by atoms with E-state index in [4.69, 9.17) is 16.7 Å². The molecule has 6 nitrogen and oxygen atoms in total. The number of aromatic nitrogens is 4. The first kappa shape index (κ1) is 12.1. The first-order chi connectivity index (χ1) is 8.16. The van der Waals surface area contributed by atoms with Gasteiger partial charge in [-0.05, 0) is 31.4 Å². The van der Waals surface area contributed by atoms with Gasteiger partial charge in [0.2, 0.25) is 5.28 Å². The van der Waals surface area contributed by atoms with Crippen LogP contribution in [0.5, 0.6) is 0 Å². The number of halogens is 1. The molecule has 2 heterocycles. The molecule has 0 aliphatic carbocycles. The average Bonchev–Trinajstić information content (AvgIpc) is 2.71. The van der Waals surface area contributed by atoms with E-state index in [1.54, 1.807) is 13.3 Å². The van der Waals surface area contributed by atoms with Crippen molar-refractivity contribution in [2.24, 2.45) is 0 Å². The molecule has 17 heavy (non-hydrogen) atoms. The van der Waals surface area contributed by atoms with Gasteiger partial charge >= 0.3 is 0 Å². The van der Waals surface area contributed by atoms with E-state index in [1.807, 2.05) is 0 Å².